The minimum Gasteiger partial charge on any atom is -0.462 e. The van der Waals surface area contributed by atoms with E-state index in [1.807, 2.05) is 49.6 Å². The number of amides is 1. The molecular formula is C24H22ClNO3S. The van der Waals surface area contributed by atoms with Gasteiger partial charge in [0.05, 0.1) is 6.61 Å². The molecule has 6 heteroatoms. The van der Waals surface area contributed by atoms with Gasteiger partial charge in [-0.2, -0.15) is 0 Å². The van der Waals surface area contributed by atoms with Crippen molar-refractivity contribution in [1.29, 1.82) is 0 Å². The van der Waals surface area contributed by atoms with Crippen LogP contribution in [0.4, 0.5) is 5.00 Å². The van der Waals surface area contributed by atoms with E-state index in [1.54, 1.807) is 25.1 Å². The molecule has 154 valence electrons. The fourth-order valence-electron chi connectivity index (χ4n) is 2.91. The van der Waals surface area contributed by atoms with Crippen molar-refractivity contribution >= 4 is 45.9 Å². The molecule has 1 N–H and O–H groups in total. The van der Waals surface area contributed by atoms with Gasteiger partial charge in [0.25, 0.3) is 0 Å². The van der Waals surface area contributed by atoms with Crippen LogP contribution in [0.3, 0.4) is 0 Å². The average molecular weight is 440 g/mol. The summed E-state index contributed by atoms with van der Waals surface area (Å²) in [5.41, 5.74) is 5.14. The van der Waals surface area contributed by atoms with Crippen LogP contribution < -0.4 is 5.32 Å². The second-order valence-corrected chi connectivity index (χ2v) is 8.07. The first-order valence-corrected chi connectivity index (χ1v) is 10.8. The second-order valence-electron chi connectivity index (χ2n) is 6.75. The van der Waals surface area contributed by atoms with E-state index in [0.717, 1.165) is 22.3 Å². The number of rotatable bonds is 6. The molecule has 0 radical (unpaired) electrons. The lowest BCUT2D eigenvalue weighted by atomic mass is 9.99. The number of halogens is 1. The summed E-state index contributed by atoms with van der Waals surface area (Å²) in [7, 11) is 0. The van der Waals surface area contributed by atoms with Gasteiger partial charge in [-0.15, -0.1) is 11.3 Å². The number of anilines is 1. The largest absolute Gasteiger partial charge is 0.462 e. The zero-order valence-electron chi connectivity index (χ0n) is 17.0. The molecule has 0 aliphatic heterocycles. The lowest BCUT2D eigenvalue weighted by Gasteiger charge is -2.09. The van der Waals surface area contributed by atoms with E-state index in [0.29, 0.717) is 15.6 Å². The molecule has 1 heterocycles. The number of aryl methyl sites for hydroxylation is 2. The summed E-state index contributed by atoms with van der Waals surface area (Å²) in [5, 5.41) is 5.73. The highest BCUT2D eigenvalue weighted by Crippen LogP contribution is 2.37. The van der Waals surface area contributed by atoms with Gasteiger partial charge in [-0.05, 0) is 61.2 Å². The number of ether oxygens (including phenoxy) is 1. The topological polar surface area (TPSA) is 55.4 Å². The van der Waals surface area contributed by atoms with Crippen LogP contribution in [0.1, 0.15) is 34.0 Å². The van der Waals surface area contributed by atoms with Crippen molar-refractivity contribution in [2.45, 2.75) is 20.8 Å². The van der Waals surface area contributed by atoms with Crippen molar-refractivity contribution in [1.82, 2.24) is 0 Å². The highest BCUT2D eigenvalue weighted by molar-refractivity contribution is 7.15. The van der Waals surface area contributed by atoms with Gasteiger partial charge in [0.1, 0.15) is 10.6 Å². The van der Waals surface area contributed by atoms with E-state index in [-0.39, 0.29) is 12.5 Å². The molecule has 3 aromatic rings. The molecule has 3 rings (SSSR count). The van der Waals surface area contributed by atoms with Gasteiger partial charge in [-0.25, -0.2) is 4.79 Å². The smallest absolute Gasteiger partial charge is 0.341 e. The Balaban J connectivity index is 1.90. The SMILES string of the molecule is CCOC(=O)c1c(-c2ccc(C)c(C)c2)csc1NC(=O)/C=C/c1cccc(Cl)c1. The molecule has 2 aromatic carbocycles. The predicted molar refractivity (Wildman–Crippen MR) is 124 cm³/mol. The number of hydrogen-bond acceptors (Lipinski definition) is 4. The van der Waals surface area contributed by atoms with Crippen LogP contribution in [0.15, 0.2) is 53.9 Å². The van der Waals surface area contributed by atoms with Gasteiger partial charge in [-0.1, -0.05) is 41.9 Å². The zero-order chi connectivity index (χ0) is 21.7. The summed E-state index contributed by atoms with van der Waals surface area (Å²) < 4.78 is 5.25. The van der Waals surface area contributed by atoms with Gasteiger partial charge in [-0.3, -0.25) is 4.79 Å². The van der Waals surface area contributed by atoms with Crippen molar-refractivity contribution in [2.24, 2.45) is 0 Å². The number of esters is 1. The fraction of sp³-hybridized carbons (Fsp3) is 0.167. The second kappa shape index (κ2) is 9.74. The third-order valence-electron chi connectivity index (χ3n) is 4.60. The van der Waals surface area contributed by atoms with Crippen molar-refractivity contribution < 1.29 is 14.3 Å². The van der Waals surface area contributed by atoms with Crippen LogP contribution in [0.2, 0.25) is 5.02 Å². The maximum absolute atomic E-state index is 12.7. The molecule has 0 saturated heterocycles. The molecule has 0 unspecified atom stereocenters. The first-order valence-electron chi connectivity index (χ1n) is 9.50. The Kier molecular flexibility index (Phi) is 7.08. The minimum atomic E-state index is -0.457. The highest BCUT2D eigenvalue weighted by atomic mass is 35.5. The number of hydrogen-bond donors (Lipinski definition) is 1. The van der Waals surface area contributed by atoms with Crippen LogP contribution in [0, 0.1) is 13.8 Å². The zero-order valence-corrected chi connectivity index (χ0v) is 18.6. The normalized spacial score (nSPS) is 10.9. The standard InChI is InChI=1S/C24H22ClNO3S/c1-4-29-24(28)22-20(18-10-8-15(2)16(3)12-18)14-30-23(22)26-21(27)11-9-17-6-5-7-19(25)13-17/h5-14H,4H2,1-3H3,(H,26,27)/b11-9+. The summed E-state index contributed by atoms with van der Waals surface area (Å²) in [6.07, 6.45) is 3.08. The molecule has 0 atom stereocenters. The fourth-order valence-corrected chi connectivity index (χ4v) is 4.07. The van der Waals surface area contributed by atoms with Gasteiger partial charge >= 0.3 is 5.97 Å². The van der Waals surface area contributed by atoms with E-state index in [1.165, 1.54) is 23.0 Å². The summed E-state index contributed by atoms with van der Waals surface area (Å²) >= 11 is 7.27. The Hall–Kier alpha value is -2.89. The van der Waals surface area contributed by atoms with Crippen LogP contribution in [0.5, 0.6) is 0 Å². The van der Waals surface area contributed by atoms with Crippen molar-refractivity contribution in [3.05, 3.63) is 81.2 Å². The first kappa shape index (κ1) is 21.8. The predicted octanol–water partition coefficient (Wildman–Crippen LogP) is 6.51. The Morgan fingerprint density at radius 1 is 1.13 bits per heavy atom. The quantitative estimate of drug-likeness (QED) is 0.351. The van der Waals surface area contributed by atoms with Gasteiger partial charge < -0.3 is 10.1 Å². The van der Waals surface area contributed by atoms with Crippen molar-refractivity contribution in [3.63, 3.8) is 0 Å². The molecule has 0 saturated carbocycles. The number of carbonyl (C=O) groups excluding carboxylic acids is 2. The molecule has 30 heavy (non-hydrogen) atoms. The number of carbonyl (C=O) groups is 2. The molecule has 0 fully saturated rings. The summed E-state index contributed by atoms with van der Waals surface area (Å²) in [6.45, 7) is 6.07. The minimum absolute atomic E-state index is 0.253. The molecule has 0 bridgehead atoms. The average Bonchev–Trinajstić information content (AvgIpc) is 3.12. The molecule has 0 aliphatic rings. The molecule has 4 nitrogen and oxygen atoms in total. The van der Waals surface area contributed by atoms with Gasteiger partial charge in [0.2, 0.25) is 5.91 Å². The van der Waals surface area contributed by atoms with E-state index in [9.17, 15) is 9.59 Å². The molecule has 1 aromatic heterocycles. The monoisotopic (exact) mass is 439 g/mol. The van der Waals surface area contributed by atoms with Crippen molar-refractivity contribution in [3.8, 4) is 11.1 Å². The van der Waals surface area contributed by atoms with E-state index in [2.05, 4.69) is 5.32 Å². The summed E-state index contributed by atoms with van der Waals surface area (Å²) in [6, 6.07) is 13.2. The Morgan fingerprint density at radius 2 is 1.93 bits per heavy atom. The maximum atomic E-state index is 12.7. The number of thiophene rings is 1. The first-order chi connectivity index (χ1) is 14.4. The third kappa shape index (κ3) is 5.17. The molecule has 0 spiro atoms. The maximum Gasteiger partial charge on any atom is 0.341 e. The summed E-state index contributed by atoms with van der Waals surface area (Å²) in [4.78, 5) is 25.1. The van der Waals surface area contributed by atoms with Gasteiger partial charge in [0.15, 0.2) is 0 Å². The van der Waals surface area contributed by atoms with E-state index < -0.39 is 5.97 Å². The molecule has 1 amide bonds. The van der Waals surface area contributed by atoms with Crippen molar-refractivity contribution in [2.75, 3.05) is 11.9 Å². The molecular weight excluding hydrogens is 418 g/mol. The van der Waals surface area contributed by atoms with Gasteiger partial charge in [0, 0.05) is 22.0 Å². The Morgan fingerprint density at radius 3 is 2.63 bits per heavy atom. The number of benzene rings is 2. The van der Waals surface area contributed by atoms with Crippen LogP contribution in [0.25, 0.3) is 17.2 Å². The van der Waals surface area contributed by atoms with Crippen LogP contribution >= 0.6 is 22.9 Å². The van der Waals surface area contributed by atoms with Crippen LogP contribution in [-0.2, 0) is 9.53 Å². The Bertz CT molecular complexity index is 1120. The Labute approximate surface area is 185 Å². The lowest BCUT2D eigenvalue weighted by molar-refractivity contribution is -0.111. The van der Waals surface area contributed by atoms with E-state index >= 15 is 0 Å². The third-order valence-corrected chi connectivity index (χ3v) is 5.73. The number of nitrogens with one attached hydrogen (secondary N) is 1. The highest BCUT2D eigenvalue weighted by Gasteiger charge is 2.22. The summed E-state index contributed by atoms with van der Waals surface area (Å²) in [5.74, 6) is -0.796. The van der Waals surface area contributed by atoms with Crippen LogP contribution in [-0.4, -0.2) is 18.5 Å². The molecule has 0 aliphatic carbocycles. The lowest BCUT2D eigenvalue weighted by Crippen LogP contribution is -2.12. The van der Waals surface area contributed by atoms with E-state index in [4.69, 9.17) is 16.3 Å².